The predicted molar refractivity (Wildman–Crippen MR) is 113 cm³/mol. The Hall–Kier alpha value is -3.12. The number of nitrogens with zero attached hydrogens (tertiary/aromatic N) is 3. The SMILES string of the molecule is Cc1nc(Nc2ccc(N(C)C)cc2)cc(C(=O)NCc2ccccc2Cl)n1. The summed E-state index contributed by atoms with van der Waals surface area (Å²) in [6, 6.07) is 17.0. The normalized spacial score (nSPS) is 10.4. The molecule has 0 unspecified atom stereocenters. The molecular weight excluding hydrogens is 374 g/mol. The Balaban J connectivity index is 1.71. The molecule has 0 aliphatic rings. The third kappa shape index (κ3) is 4.98. The second kappa shape index (κ2) is 8.71. The minimum atomic E-state index is -0.281. The molecule has 7 heteroatoms. The molecule has 0 bridgehead atoms. The number of carbonyl (C=O) groups is 1. The lowest BCUT2D eigenvalue weighted by Gasteiger charge is -2.13. The van der Waals surface area contributed by atoms with Gasteiger partial charge in [0.2, 0.25) is 0 Å². The van der Waals surface area contributed by atoms with Crippen LogP contribution in [0.4, 0.5) is 17.2 Å². The van der Waals surface area contributed by atoms with E-state index in [1.54, 1.807) is 19.1 Å². The van der Waals surface area contributed by atoms with Gasteiger partial charge in [-0.25, -0.2) is 9.97 Å². The first-order chi connectivity index (χ1) is 13.4. The molecule has 3 rings (SSSR count). The van der Waals surface area contributed by atoms with Crippen LogP contribution in [0, 0.1) is 6.92 Å². The third-order valence-electron chi connectivity index (χ3n) is 4.12. The zero-order chi connectivity index (χ0) is 20.1. The highest BCUT2D eigenvalue weighted by atomic mass is 35.5. The van der Waals surface area contributed by atoms with Crippen LogP contribution in [0.25, 0.3) is 0 Å². The summed E-state index contributed by atoms with van der Waals surface area (Å²) in [6.07, 6.45) is 0. The monoisotopic (exact) mass is 395 g/mol. The van der Waals surface area contributed by atoms with Crippen LogP contribution >= 0.6 is 11.6 Å². The van der Waals surface area contributed by atoms with E-state index in [9.17, 15) is 4.79 Å². The van der Waals surface area contributed by atoms with Gasteiger partial charge in [0.25, 0.3) is 5.91 Å². The van der Waals surface area contributed by atoms with Crippen molar-refractivity contribution in [1.29, 1.82) is 0 Å². The molecule has 0 saturated heterocycles. The smallest absolute Gasteiger partial charge is 0.270 e. The molecule has 3 aromatic rings. The molecule has 2 N–H and O–H groups in total. The summed E-state index contributed by atoms with van der Waals surface area (Å²) in [6.45, 7) is 2.08. The molecule has 28 heavy (non-hydrogen) atoms. The fourth-order valence-electron chi connectivity index (χ4n) is 2.65. The molecule has 2 aromatic carbocycles. The molecule has 1 amide bonds. The Morgan fingerprint density at radius 1 is 1.07 bits per heavy atom. The maximum Gasteiger partial charge on any atom is 0.270 e. The predicted octanol–water partition coefficient (Wildman–Crippen LogP) is 4.18. The van der Waals surface area contributed by atoms with E-state index in [2.05, 4.69) is 20.6 Å². The number of benzene rings is 2. The van der Waals surface area contributed by atoms with Gasteiger partial charge in [-0.1, -0.05) is 29.8 Å². The van der Waals surface area contributed by atoms with Crippen LogP contribution in [0.2, 0.25) is 5.02 Å². The van der Waals surface area contributed by atoms with Crippen LogP contribution in [0.5, 0.6) is 0 Å². The fraction of sp³-hybridized carbons (Fsp3) is 0.190. The van der Waals surface area contributed by atoms with Crippen molar-refractivity contribution in [3.8, 4) is 0 Å². The number of rotatable bonds is 6. The Morgan fingerprint density at radius 2 is 1.79 bits per heavy atom. The minimum absolute atomic E-state index is 0.281. The van der Waals surface area contributed by atoms with Gasteiger partial charge in [-0.05, 0) is 42.8 Å². The van der Waals surface area contributed by atoms with Crippen molar-refractivity contribution >= 4 is 34.7 Å². The molecule has 1 heterocycles. The molecule has 0 atom stereocenters. The molecule has 144 valence electrons. The standard InChI is InChI=1S/C21H22ClN5O/c1-14-24-19(21(28)23-13-15-6-4-5-7-18(15)22)12-20(25-14)26-16-8-10-17(11-9-16)27(2)3/h4-12H,13H2,1-3H3,(H,23,28)(H,24,25,26). The molecule has 0 radical (unpaired) electrons. The summed E-state index contributed by atoms with van der Waals surface area (Å²) in [7, 11) is 3.98. The van der Waals surface area contributed by atoms with Gasteiger partial charge in [0.1, 0.15) is 17.3 Å². The van der Waals surface area contributed by atoms with E-state index in [-0.39, 0.29) is 5.91 Å². The number of anilines is 3. The van der Waals surface area contributed by atoms with E-state index < -0.39 is 0 Å². The van der Waals surface area contributed by atoms with E-state index in [0.717, 1.165) is 16.9 Å². The minimum Gasteiger partial charge on any atom is -0.378 e. The lowest BCUT2D eigenvalue weighted by atomic mass is 10.2. The third-order valence-corrected chi connectivity index (χ3v) is 4.49. The zero-order valence-electron chi connectivity index (χ0n) is 16.0. The molecule has 6 nitrogen and oxygen atoms in total. The maximum absolute atomic E-state index is 12.5. The summed E-state index contributed by atoms with van der Waals surface area (Å²) < 4.78 is 0. The second-order valence-electron chi connectivity index (χ2n) is 6.53. The second-order valence-corrected chi connectivity index (χ2v) is 6.93. The van der Waals surface area contributed by atoms with Crippen molar-refractivity contribution in [2.24, 2.45) is 0 Å². The van der Waals surface area contributed by atoms with Crippen LogP contribution in [-0.2, 0) is 6.54 Å². The average Bonchev–Trinajstić information content (AvgIpc) is 2.67. The van der Waals surface area contributed by atoms with Crippen molar-refractivity contribution in [2.75, 3.05) is 24.3 Å². The highest BCUT2D eigenvalue weighted by molar-refractivity contribution is 6.31. The number of amides is 1. The van der Waals surface area contributed by atoms with E-state index in [1.807, 2.05) is 61.5 Å². The highest BCUT2D eigenvalue weighted by Crippen LogP contribution is 2.20. The molecule has 0 aliphatic heterocycles. The first-order valence-corrected chi connectivity index (χ1v) is 9.22. The van der Waals surface area contributed by atoms with Crippen molar-refractivity contribution in [2.45, 2.75) is 13.5 Å². The number of carbonyl (C=O) groups excluding carboxylic acids is 1. The molecule has 1 aromatic heterocycles. The maximum atomic E-state index is 12.5. The van der Waals surface area contributed by atoms with Crippen LogP contribution in [0.15, 0.2) is 54.6 Å². The summed E-state index contributed by atoms with van der Waals surface area (Å²) in [5.74, 6) is 0.794. The van der Waals surface area contributed by atoms with Gasteiger partial charge in [0.15, 0.2) is 0 Å². The number of halogens is 1. The first kappa shape index (κ1) is 19.6. The van der Waals surface area contributed by atoms with E-state index in [0.29, 0.717) is 28.9 Å². The van der Waals surface area contributed by atoms with E-state index in [4.69, 9.17) is 11.6 Å². The topological polar surface area (TPSA) is 70.2 Å². The van der Waals surface area contributed by atoms with Gasteiger partial charge in [-0.2, -0.15) is 0 Å². The molecule has 0 aliphatic carbocycles. The van der Waals surface area contributed by atoms with Crippen molar-refractivity contribution in [3.63, 3.8) is 0 Å². The Bertz CT molecular complexity index is 973. The Kier molecular flexibility index (Phi) is 6.11. The van der Waals surface area contributed by atoms with Crippen LogP contribution in [0.1, 0.15) is 21.9 Å². The van der Waals surface area contributed by atoms with E-state index in [1.165, 1.54) is 0 Å². The lowest BCUT2D eigenvalue weighted by Crippen LogP contribution is -2.24. The Labute approximate surface area is 169 Å². The number of nitrogens with one attached hydrogen (secondary N) is 2. The van der Waals surface area contributed by atoms with Gasteiger partial charge in [-0.15, -0.1) is 0 Å². The number of hydrogen-bond donors (Lipinski definition) is 2. The molecular formula is C21H22ClN5O. The van der Waals surface area contributed by atoms with Crippen LogP contribution in [-0.4, -0.2) is 30.0 Å². The lowest BCUT2D eigenvalue weighted by molar-refractivity contribution is 0.0945. The summed E-state index contributed by atoms with van der Waals surface area (Å²) in [5.41, 5.74) is 3.13. The van der Waals surface area contributed by atoms with Crippen LogP contribution < -0.4 is 15.5 Å². The molecule has 0 fully saturated rings. The van der Waals surface area contributed by atoms with Crippen molar-refractivity contribution < 1.29 is 4.79 Å². The van der Waals surface area contributed by atoms with Gasteiger partial charge in [0, 0.05) is 43.1 Å². The average molecular weight is 396 g/mol. The number of aryl methyl sites for hydroxylation is 1. The van der Waals surface area contributed by atoms with Crippen LogP contribution in [0.3, 0.4) is 0 Å². The summed E-state index contributed by atoms with van der Waals surface area (Å²) in [4.78, 5) is 23.2. The van der Waals surface area contributed by atoms with Gasteiger partial charge in [0.05, 0.1) is 0 Å². The molecule has 0 spiro atoms. The number of hydrogen-bond acceptors (Lipinski definition) is 5. The van der Waals surface area contributed by atoms with Gasteiger partial charge >= 0.3 is 0 Å². The summed E-state index contributed by atoms with van der Waals surface area (Å²) >= 11 is 6.14. The first-order valence-electron chi connectivity index (χ1n) is 8.84. The highest BCUT2D eigenvalue weighted by Gasteiger charge is 2.11. The summed E-state index contributed by atoms with van der Waals surface area (Å²) in [5, 5.41) is 6.68. The van der Waals surface area contributed by atoms with Crippen molar-refractivity contribution in [1.82, 2.24) is 15.3 Å². The fourth-order valence-corrected chi connectivity index (χ4v) is 2.85. The van der Waals surface area contributed by atoms with Gasteiger partial charge in [-0.3, -0.25) is 4.79 Å². The Morgan fingerprint density at radius 3 is 2.46 bits per heavy atom. The molecule has 0 saturated carbocycles. The van der Waals surface area contributed by atoms with Gasteiger partial charge < -0.3 is 15.5 Å². The quantitative estimate of drug-likeness (QED) is 0.655. The van der Waals surface area contributed by atoms with E-state index >= 15 is 0 Å². The largest absolute Gasteiger partial charge is 0.378 e. The number of aromatic nitrogens is 2. The zero-order valence-corrected chi connectivity index (χ0v) is 16.8. The van der Waals surface area contributed by atoms with Crippen molar-refractivity contribution in [3.05, 3.63) is 76.7 Å².